The highest BCUT2D eigenvalue weighted by Crippen LogP contribution is 2.45. The zero-order valence-corrected chi connectivity index (χ0v) is 20.5. The number of pyridine rings is 2. The first-order valence-electron chi connectivity index (χ1n) is 11.5. The van der Waals surface area contributed by atoms with Gasteiger partial charge in [0.05, 0.1) is 17.8 Å². The number of thiocarbonyl (C=S) groups is 1. The Bertz CT molecular complexity index is 1440. The van der Waals surface area contributed by atoms with Crippen LogP contribution in [0.5, 0.6) is 11.5 Å². The van der Waals surface area contributed by atoms with Crippen LogP contribution in [0.15, 0.2) is 67.0 Å². The number of hydrogen-bond acceptors (Lipinski definition) is 5. The summed E-state index contributed by atoms with van der Waals surface area (Å²) in [5.74, 6) is 2.37. The normalized spacial score (nSPS) is 18.7. The van der Waals surface area contributed by atoms with E-state index in [1.54, 1.807) is 0 Å². The number of hydrogen-bond donors (Lipinski definition) is 1. The molecule has 4 aromatic rings. The van der Waals surface area contributed by atoms with Gasteiger partial charge in [0.15, 0.2) is 16.6 Å². The number of rotatable bonds is 4. The summed E-state index contributed by atoms with van der Waals surface area (Å²) in [5.41, 5.74) is 6.42. The van der Waals surface area contributed by atoms with Gasteiger partial charge in [-0.25, -0.2) is 4.98 Å². The van der Waals surface area contributed by atoms with Crippen molar-refractivity contribution < 1.29 is 9.47 Å². The zero-order valence-electron chi connectivity index (χ0n) is 19.7. The van der Waals surface area contributed by atoms with Crippen LogP contribution in [-0.4, -0.2) is 26.4 Å². The second-order valence-electron chi connectivity index (χ2n) is 8.89. The number of nitrogens with zero attached hydrogens (tertiary/aromatic N) is 4. The van der Waals surface area contributed by atoms with E-state index in [0.29, 0.717) is 5.11 Å². The van der Waals surface area contributed by atoms with Crippen molar-refractivity contribution in [3.63, 3.8) is 0 Å². The van der Waals surface area contributed by atoms with Gasteiger partial charge >= 0.3 is 0 Å². The largest absolute Gasteiger partial charge is 0.454 e. The van der Waals surface area contributed by atoms with Crippen LogP contribution in [0.25, 0.3) is 5.82 Å². The van der Waals surface area contributed by atoms with Crippen molar-refractivity contribution in [3.8, 4) is 17.3 Å². The SMILES string of the molecule is Cc1ccnc(-n2c(C)cc([C@H]3[C@@H](c4ccccn4)NC(=S)N3c3ccc4c(c3)OCO4)c2C)c1. The van der Waals surface area contributed by atoms with Gasteiger partial charge in [0.25, 0.3) is 0 Å². The second kappa shape index (κ2) is 8.39. The Labute approximate surface area is 209 Å². The van der Waals surface area contributed by atoms with Crippen molar-refractivity contribution in [1.29, 1.82) is 0 Å². The van der Waals surface area contributed by atoms with Crippen molar-refractivity contribution in [2.24, 2.45) is 0 Å². The van der Waals surface area contributed by atoms with Crippen molar-refractivity contribution in [3.05, 3.63) is 95.2 Å². The van der Waals surface area contributed by atoms with Gasteiger partial charge in [0.2, 0.25) is 6.79 Å². The molecule has 2 aliphatic rings. The van der Waals surface area contributed by atoms with E-state index in [-0.39, 0.29) is 18.9 Å². The number of fused-ring (bicyclic) bond motifs is 1. The average Bonchev–Trinajstić information content (AvgIpc) is 3.54. The molecule has 1 N–H and O–H groups in total. The predicted molar refractivity (Wildman–Crippen MR) is 138 cm³/mol. The van der Waals surface area contributed by atoms with Crippen LogP contribution in [0.3, 0.4) is 0 Å². The van der Waals surface area contributed by atoms with E-state index in [9.17, 15) is 0 Å². The van der Waals surface area contributed by atoms with Gasteiger partial charge in [-0.2, -0.15) is 0 Å². The first-order chi connectivity index (χ1) is 17.0. The van der Waals surface area contributed by atoms with Crippen LogP contribution < -0.4 is 19.7 Å². The lowest BCUT2D eigenvalue weighted by Gasteiger charge is -2.28. The molecule has 7 nitrogen and oxygen atoms in total. The number of anilines is 1. The molecule has 0 spiro atoms. The molecular formula is C27H25N5O2S. The summed E-state index contributed by atoms with van der Waals surface area (Å²) < 4.78 is 13.4. The van der Waals surface area contributed by atoms with Gasteiger partial charge in [-0.3, -0.25) is 4.98 Å². The Morgan fingerprint density at radius 2 is 1.80 bits per heavy atom. The topological polar surface area (TPSA) is 64.4 Å². The third-order valence-electron chi connectivity index (χ3n) is 6.65. The Morgan fingerprint density at radius 1 is 0.943 bits per heavy atom. The molecule has 0 aliphatic carbocycles. The highest BCUT2D eigenvalue weighted by molar-refractivity contribution is 7.80. The van der Waals surface area contributed by atoms with E-state index in [4.69, 9.17) is 21.7 Å². The minimum absolute atomic E-state index is 0.123. The number of aryl methyl sites for hydroxylation is 2. The van der Waals surface area contributed by atoms with Crippen LogP contribution >= 0.6 is 12.2 Å². The summed E-state index contributed by atoms with van der Waals surface area (Å²) in [5, 5.41) is 4.18. The Morgan fingerprint density at radius 3 is 2.60 bits per heavy atom. The summed E-state index contributed by atoms with van der Waals surface area (Å²) >= 11 is 5.89. The molecule has 0 saturated carbocycles. The molecule has 0 bridgehead atoms. The highest BCUT2D eigenvalue weighted by atomic mass is 32.1. The average molecular weight is 484 g/mol. The van der Waals surface area contributed by atoms with Crippen molar-refractivity contribution in [1.82, 2.24) is 19.9 Å². The maximum Gasteiger partial charge on any atom is 0.231 e. The fourth-order valence-electron chi connectivity index (χ4n) is 5.07. The fraction of sp³-hybridized carbons (Fsp3) is 0.222. The third kappa shape index (κ3) is 3.61. The smallest absolute Gasteiger partial charge is 0.231 e. The number of ether oxygens (including phenoxy) is 2. The van der Waals surface area contributed by atoms with Crippen LogP contribution in [0.1, 0.15) is 40.3 Å². The number of benzene rings is 1. The maximum atomic E-state index is 5.89. The lowest BCUT2D eigenvalue weighted by Crippen LogP contribution is -2.29. The lowest BCUT2D eigenvalue weighted by molar-refractivity contribution is 0.174. The van der Waals surface area contributed by atoms with Crippen molar-refractivity contribution >= 4 is 23.0 Å². The maximum absolute atomic E-state index is 5.89. The summed E-state index contributed by atoms with van der Waals surface area (Å²) in [6, 6.07) is 18.0. The third-order valence-corrected chi connectivity index (χ3v) is 6.97. The molecular weight excluding hydrogens is 458 g/mol. The molecule has 6 rings (SSSR count). The van der Waals surface area contributed by atoms with Crippen LogP contribution in [0.2, 0.25) is 0 Å². The van der Waals surface area contributed by atoms with Gasteiger partial charge in [-0.1, -0.05) is 6.07 Å². The molecule has 0 amide bonds. The molecule has 1 saturated heterocycles. The molecule has 1 aromatic carbocycles. The molecule has 2 atom stereocenters. The van der Waals surface area contributed by atoms with Gasteiger partial charge in [-0.15, -0.1) is 0 Å². The van der Waals surface area contributed by atoms with E-state index >= 15 is 0 Å². The van der Waals surface area contributed by atoms with Gasteiger partial charge in [0.1, 0.15) is 5.82 Å². The molecule has 5 heterocycles. The Hall–Kier alpha value is -3.91. The first-order valence-corrected chi connectivity index (χ1v) is 11.9. The first kappa shape index (κ1) is 21.6. The minimum Gasteiger partial charge on any atom is -0.454 e. The van der Waals surface area contributed by atoms with Crippen LogP contribution in [-0.2, 0) is 0 Å². The van der Waals surface area contributed by atoms with E-state index in [0.717, 1.165) is 45.6 Å². The van der Waals surface area contributed by atoms with Gasteiger partial charge in [-0.05, 0) is 86.6 Å². The van der Waals surface area contributed by atoms with Crippen LogP contribution in [0.4, 0.5) is 5.69 Å². The van der Waals surface area contributed by atoms with E-state index in [1.807, 2.05) is 54.9 Å². The molecule has 8 heteroatoms. The molecule has 35 heavy (non-hydrogen) atoms. The zero-order chi connectivity index (χ0) is 24.1. The fourth-order valence-corrected chi connectivity index (χ4v) is 5.41. The molecule has 0 radical (unpaired) electrons. The van der Waals surface area contributed by atoms with E-state index in [2.05, 4.69) is 57.7 Å². The molecule has 3 aromatic heterocycles. The summed E-state index contributed by atoms with van der Waals surface area (Å²) in [6.45, 7) is 6.56. The molecule has 1 fully saturated rings. The summed E-state index contributed by atoms with van der Waals surface area (Å²) in [7, 11) is 0. The van der Waals surface area contributed by atoms with Crippen molar-refractivity contribution in [2.75, 3.05) is 11.7 Å². The van der Waals surface area contributed by atoms with Crippen molar-refractivity contribution in [2.45, 2.75) is 32.9 Å². The molecule has 176 valence electrons. The second-order valence-corrected chi connectivity index (χ2v) is 9.27. The summed E-state index contributed by atoms with van der Waals surface area (Å²) in [6.07, 6.45) is 3.67. The molecule has 0 unspecified atom stereocenters. The van der Waals surface area contributed by atoms with Gasteiger partial charge in [0, 0.05) is 35.5 Å². The standard InChI is InChI=1S/C27H25N5O2S/c1-16-9-11-29-24(12-16)31-17(2)13-20(18(31)3)26-25(21-6-4-5-10-28-21)30-27(35)32(26)19-7-8-22-23(14-19)34-15-33-22/h4-14,25-26H,15H2,1-3H3,(H,30,35)/t25-,26+/m1/s1. The summed E-state index contributed by atoms with van der Waals surface area (Å²) in [4.78, 5) is 11.5. The Kier molecular flexibility index (Phi) is 5.18. The van der Waals surface area contributed by atoms with Gasteiger partial charge < -0.3 is 24.3 Å². The quantitative estimate of drug-likeness (QED) is 0.405. The Balaban J connectivity index is 1.51. The van der Waals surface area contributed by atoms with Crippen LogP contribution in [0, 0.1) is 20.8 Å². The van der Waals surface area contributed by atoms with E-state index < -0.39 is 0 Å². The minimum atomic E-state index is -0.131. The molecule has 2 aliphatic heterocycles. The number of aromatic nitrogens is 3. The predicted octanol–water partition coefficient (Wildman–Crippen LogP) is 5.10. The van der Waals surface area contributed by atoms with E-state index in [1.165, 1.54) is 5.56 Å². The highest BCUT2D eigenvalue weighted by Gasteiger charge is 2.42. The number of nitrogens with one attached hydrogen (secondary N) is 1. The lowest BCUT2D eigenvalue weighted by atomic mass is 9.96. The monoisotopic (exact) mass is 483 g/mol.